The Morgan fingerprint density at radius 1 is 0.842 bits per heavy atom. The molecule has 0 unspecified atom stereocenters. The second-order valence-corrected chi connectivity index (χ2v) is 4.76. The molecule has 19 heavy (non-hydrogen) atoms. The minimum Gasteiger partial charge on any atom is -0.464 e. The van der Waals surface area contributed by atoms with Crippen LogP contribution in [-0.4, -0.2) is 4.98 Å². The van der Waals surface area contributed by atoms with Gasteiger partial charge in [-0.25, -0.2) is 0 Å². The summed E-state index contributed by atoms with van der Waals surface area (Å²) in [7, 11) is 0. The summed E-state index contributed by atoms with van der Waals surface area (Å²) in [5.74, 6) is 0.702. The Balaban J connectivity index is 2.14. The molecule has 0 spiro atoms. The highest BCUT2D eigenvalue weighted by Gasteiger charge is 2.14. The van der Waals surface area contributed by atoms with Crippen molar-refractivity contribution in [3.63, 3.8) is 0 Å². The normalized spacial score (nSPS) is 10.6. The van der Waals surface area contributed by atoms with E-state index in [1.54, 1.807) is 18.7 Å². The first-order valence-electron chi connectivity index (χ1n) is 5.69. The van der Waals surface area contributed by atoms with Gasteiger partial charge in [0, 0.05) is 23.5 Å². The van der Waals surface area contributed by atoms with Gasteiger partial charge in [0.25, 0.3) is 0 Å². The van der Waals surface area contributed by atoms with Crippen LogP contribution in [0.4, 0.5) is 0 Å². The zero-order valence-electron chi connectivity index (χ0n) is 9.81. The molecule has 0 saturated carbocycles. The fourth-order valence-corrected chi connectivity index (χ4v) is 2.46. The van der Waals surface area contributed by atoms with Gasteiger partial charge in [-0.05, 0) is 35.9 Å². The predicted molar refractivity (Wildman–Crippen MR) is 77.4 cm³/mol. The van der Waals surface area contributed by atoms with Gasteiger partial charge in [0.15, 0.2) is 0 Å². The van der Waals surface area contributed by atoms with Crippen molar-refractivity contribution in [2.24, 2.45) is 0 Å². The van der Waals surface area contributed by atoms with Crippen LogP contribution in [0.1, 0.15) is 0 Å². The van der Waals surface area contributed by atoms with Crippen molar-refractivity contribution in [3.05, 3.63) is 65.1 Å². The standard InChI is InChI=1S/C15H9Cl2NO/c16-14-11(10-5-7-18-8-6-10)3-4-12(15(14)17)13-2-1-9-19-13/h1-9H. The Labute approximate surface area is 120 Å². The van der Waals surface area contributed by atoms with E-state index in [0.29, 0.717) is 15.8 Å². The molecular formula is C15H9Cl2NO. The van der Waals surface area contributed by atoms with E-state index >= 15 is 0 Å². The molecule has 0 aliphatic heterocycles. The van der Waals surface area contributed by atoms with Gasteiger partial charge in [-0.1, -0.05) is 29.3 Å². The van der Waals surface area contributed by atoms with E-state index < -0.39 is 0 Å². The van der Waals surface area contributed by atoms with Crippen molar-refractivity contribution in [2.45, 2.75) is 0 Å². The molecule has 0 bridgehead atoms. The average molecular weight is 290 g/mol. The molecule has 4 heteroatoms. The van der Waals surface area contributed by atoms with Crippen LogP contribution >= 0.6 is 23.2 Å². The maximum absolute atomic E-state index is 6.36. The summed E-state index contributed by atoms with van der Waals surface area (Å²) >= 11 is 12.7. The number of nitrogens with zero attached hydrogens (tertiary/aromatic N) is 1. The fourth-order valence-electron chi connectivity index (χ4n) is 1.93. The Hall–Kier alpha value is -1.77. The molecule has 94 valence electrons. The van der Waals surface area contributed by atoms with Crippen molar-refractivity contribution in [1.29, 1.82) is 0 Å². The van der Waals surface area contributed by atoms with E-state index in [1.165, 1.54) is 0 Å². The maximum atomic E-state index is 6.36. The smallest absolute Gasteiger partial charge is 0.135 e. The molecular weight excluding hydrogens is 281 g/mol. The lowest BCUT2D eigenvalue weighted by molar-refractivity contribution is 0.582. The maximum Gasteiger partial charge on any atom is 0.135 e. The second-order valence-electron chi connectivity index (χ2n) is 4.00. The van der Waals surface area contributed by atoms with Crippen molar-refractivity contribution < 1.29 is 4.42 Å². The molecule has 0 N–H and O–H groups in total. The van der Waals surface area contributed by atoms with Crippen molar-refractivity contribution >= 4 is 23.2 Å². The van der Waals surface area contributed by atoms with Gasteiger partial charge in [0.2, 0.25) is 0 Å². The van der Waals surface area contributed by atoms with Gasteiger partial charge in [-0.15, -0.1) is 0 Å². The van der Waals surface area contributed by atoms with Crippen LogP contribution in [0.2, 0.25) is 10.0 Å². The van der Waals surface area contributed by atoms with Crippen molar-refractivity contribution in [3.8, 4) is 22.5 Å². The van der Waals surface area contributed by atoms with Crippen molar-refractivity contribution in [1.82, 2.24) is 4.98 Å². The van der Waals surface area contributed by atoms with E-state index in [4.69, 9.17) is 27.6 Å². The number of rotatable bonds is 2. The van der Waals surface area contributed by atoms with Gasteiger partial charge in [-0.2, -0.15) is 0 Å². The molecule has 1 aromatic carbocycles. The van der Waals surface area contributed by atoms with Gasteiger partial charge >= 0.3 is 0 Å². The molecule has 0 atom stereocenters. The molecule has 0 saturated heterocycles. The van der Waals surface area contributed by atoms with Gasteiger partial charge in [0.1, 0.15) is 5.76 Å². The monoisotopic (exact) mass is 289 g/mol. The molecule has 2 nitrogen and oxygen atoms in total. The quantitative estimate of drug-likeness (QED) is 0.638. The van der Waals surface area contributed by atoms with E-state index in [0.717, 1.165) is 16.7 Å². The molecule has 0 aliphatic rings. The van der Waals surface area contributed by atoms with E-state index in [-0.39, 0.29) is 0 Å². The number of pyridine rings is 1. The minimum atomic E-state index is 0.492. The predicted octanol–water partition coefficient (Wildman–Crippen LogP) is 5.32. The van der Waals surface area contributed by atoms with Crippen LogP contribution in [0.3, 0.4) is 0 Å². The summed E-state index contributed by atoms with van der Waals surface area (Å²) < 4.78 is 5.35. The molecule has 0 amide bonds. The van der Waals surface area contributed by atoms with Crippen molar-refractivity contribution in [2.75, 3.05) is 0 Å². The molecule has 2 heterocycles. The first-order chi connectivity index (χ1) is 9.27. The first-order valence-corrected chi connectivity index (χ1v) is 6.45. The first kappa shape index (κ1) is 12.3. The van der Waals surface area contributed by atoms with Crippen LogP contribution in [0.5, 0.6) is 0 Å². The van der Waals surface area contributed by atoms with Gasteiger partial charge in [0.05, 0.1) is 16.3 Å². The largest absolute Gasteiger partial charge is 0.464 e. The molecule has 0 fully saturated rings. The number of hydrogen-bond donors (Lipinski definition) is 0. The summed E-state index contributed by atoms with van der Waals surface area (Å²) in [4.78, 5) is 3.99. The zero-order chi connectivity index (χ0) is 13.2. The molecule has 2 aromatic heterocycles. The Bertz CT molecular complexity index is 694. The summed E-state index contributed by atoms with van der Waals surface area (Å²) in [6.07, 6.45) is 5.05. The Kier molecular flexibility index (Phi) is 3.28. The lowest BCUT2D eigenvalue weighted by atomic mass is 10.0. The molecule has 0 radical (unpaired) electrons. The fraction of sp³-hybridized carbons (Fsp3) is 0. The Morgan fingerprint density at radius 3 is 2.21 bits per heavy atom. The summed E-state index contributed by atoms with van der Waals surface area (Å²) in [6.45, 7) is 0. The third kappa shape index (κ3) is 2.25. The number of aromatic nitrogens is 1. The van der Waals surface area contributed by atoms with Crippen LogP contribution in [0.25, 0.3) is 22.5 Å². The van der Waals surface area contributed by atoms with Crippen LogP contribution in [0, 0.1) is 0 Å². The van der Waals surface area contributed by atoms with Crippen LogP contribution in [-0.2, 0) is 0 Å². The lowest BCUT2D eigenvalue weighted by Crippen LogP contribution is -1.84. The summed E-state index contributed by atoms with van der Waals surface area (Å²) in [6, 6.07) is 11.3. The Morgan fingerprint density at radius 2 is 1.53 bits per heavy atom. The number of halogens is 2. The third-order valence-electron chi connectivity index (χ3n) is 2.86. The van der Waals surface area contributed by atoms with Crippen LogP contribution in [0.15, 0.2) is 59.5 Å². The topological polar surface area (TPSA) is 26.0 Å². The zero-order valence-corrected chi connectivity index (χ0v) is 11.3. The van der Waals surface area contributed by atoms with Gasteiger partial charge in [-0.3, -0.25) is 4.98 Å². The number of benzene rings is 1. The molecule has 0 aliphatic carbocycles. The third-order valence-corrected chi connectivity index (χ3v) is 3.74. The van der Waals surface area contributed by atoms with E-state index in [1.807, 2.05) is 36.4 Å². The SMILES string of the molecule is Clc1c(-c2ccncc2)ccc(-c2ccco2)c1Cl. The molecule has 3 rings (SSSR count). The van der Waals surface area contributed by atoms with E-state index in [9.17, 15) is 0 Å². The van der Waals surface area contributed by atoms with Gasteiger partial charge < -0.3 is 4.42 Å². The average Bonchev–Trinajstić information content (AvgIpc) is 2.97. The lowest BCUT2D eigenvalue weighted by Gasteiger charge is -2.09. The second kappa shape index (κ2) is 5.08. The number of hydrogen-bond acceptors (Lipinski definition) is 2. The highest BCUT2D eigenvalue weighted by atomic mass is 35.5. The highest BCUT2D eigenvalue weighted by molar-refractivity contribution is 6.45. The highest BCUT2D eigenvalue weighted by Crippen LogP contribution is 2.39. The minimum absolute atomic E-state index is 0.492. The van der Waals surface area contributed by atoms with Crippen LogP contribution < -0.4 is 0 Å². The van der Waals surface area contributed by atoms with E-state index in [2.05, 4.69) is 4.98 Å². The number of furan rings is 1. The summed E-state index contributed by atoms with van der Waals surface area (Å²) in [5.41, 5.74) is 2.65. The summed E-state index contributed by atoms with van der Waals surface area (Å²) in [5, 5.41) is 1.01. The molecule has 3 aromatic rings.